The van der Waals surface area contributed by atoms with Crippen molar-refractivity contribution in [3.05, 3.63) is 12.0 Å². The molecular formula is C6H13NO2S2. The second kappa shape index (κ2) is 4.79. The van der Waals surface area contributed by atoms with Crippen molar-refractivity contribution >= 4 is 21.6 Å². The summed E-state index contributed by atoms with van der Waals surface area (Å²) in [6.45, 7) is 5.03. The Labute approximate surface area is 72.0 Å². The van der Waals surface area contributed by atoms with Gasteiger partial charge in [0, 0.05) is 16.5 Å². The molecule has 0 saturated carbocycles. The summed E-state index contributed by atoms with van der Waals surface area (Å²) in [4.78, 5) is 0. The summed E-state index contributed by atoms with van der Waals surface area (Å²) in [6.07, 6.45) is 0. The molecule has 3 nitrogen and oxygen atoms in total. The van der Waals surface area contributed by atoms with Gasteiger partial charge >= 0.3 is 0 Å². The lowest BCUT2D eigenvalue weighted by molar-refractivity contribution is 0.606. The van der Waals surface area contributed by atoms with Crippen LogP contribution in [0.4, 0.5) is 0 Å². The molecule has 0 bridgehead atoms. The lowest BCUT2D eigenvalue weighted by Gasteiger charge is -2.02. The normalized spacial score (nSPS) is 14.4. The number of rotatable bonds is 5. The Balaban J connectivity index is 3.64. The minimum absolute atomic E-state index is 0.00462. The van der Waals surface area contributed by atoms with Gasteiger partial charge in [0.15, 0.2) is 9.84 Å². The van der Waals surface area contributed by atoms with Crippen LogP contribution in [0.3, 0.4) is 0 Å². The average molecular weight is 195 g/mol. The summed E-state index contributed by atoms with van der Waals surface area (Å²) in [6, 6.07) is 0. The molecule has 0 spiro atoms. The van der Waals surface area contributed by atoms with Crippen LogP contribution in [0.5, 0.6) is 0 Å². The lowest BCUT2D eigenvalue weighted by atomic mass is 10.8. The van der Waals surface area contributed by atoms with E-state index >= 15 is 0 Å². The molecule has 0 rings (SSSR count). The van der Waals surface area contributed by atoms with Crippen molar-refractivity contribution in [2.75, 3.05) is 11.5 Å². The van der Waals surface area contributed by atoms with E-state index in [-0.39, 0.29) is 11.1 Å². The van der Waals surface area contributed by atoms with Gasteiger partial charge < -0.3 is 5.73 Å². The first-order valence-electron chi connectivity index (χ1n) is 3.20. The summed E-state index contributed by atoms with van der Waals surface area (Å²) in [5.74, 6) is 0.661. The molecule has 2 N–H and O–H groups in total. The fourth-order valence-electron chi connectivity index (χ4n) is 0.433. The smallest absolute Gasteiger partial charge is 0.171 e. The highest BCUT2D eigenvalue weighted by Gasteiger charge is 2.04. The zero-order valence-corrected chi connectivity index (χ0v) is 8.12. The van der Waals surface area contributed by atoms with Crippen molar-refractivity contribution in [3.63, 3.8) is 0 Å². The van der Waals surface area contributed by atoms with Gasteiger partial charge in [-0.15, -0.1) is 11.8 Å². The van der Waals surface area contributed by atoms with E-state index in [2.05, 4.69) is 6.58 Å². The van der Waals surface area contributed by atoms with Gasteiger partial charge in [-0.1, -0.05) is 6.58 Å². The molecule has 0 radical (unpaired) electrons. The maximum absolute atomic E-state index is 10.8. The molecule has 5 heteroatoms. The van der Waals surface area contributed by atoms with Crippen LogP contribution in [0.2, 0.25) is 0 Å². The third-order valence-corrected chi connectivity index (χ3v) is 3.51. The van der Waals surface area contributed by atoms with Crippen molar-refractivity contribution in [3.8, 4) is 0 Å². The molecule has 1 unspecified atom stereocenters. The van der Waals surface area contributed by atoms with Crippen molar-refractivity contribution in [1.82, 2.24) is 0 Å². The summed E-state index contributed by atoms with van der Waals surface area (Å²) in [5.41, 5.74) is 5.41. The summed E-state index contributed by atoms with van der Waals surface area (Å²) < 4.78 is 21.6. The monoisotopic (exact) mass is 195 g/mol. The molecule has 11 heavy (non-hydrogen) atoms. The highest BCUT2D eigenvalue weighted by atomic mass is 32.2. The molecule has 0 aromatic heterocycles. The molecule has 0 aliphatic rings. The molecule has 0 heterocycles. The van der Waals surface area contributed by atoms with Gasteiger partial charge in [-0.2, -0.15) is 0 Å². The van der Waals surface area contributed by atoms with E-state index in [1.165, 1.54) is 11.8 Å². The maximum Gasteiger partial charge on any atom is 0.171 e. The molecule has 0 aliphatic heterocycles. The molecule has 0 aromatic carbocycles. The number of nitrogens with two attached hydrogens (primary N) is 1. The molecule has 0 aliphatic carbocycles. The SMILES string of the molecule is C=CS(=O)(=O)CCSC(C)N. The Kier molecular flexibility index (Phi) is 4.79. The van der Waals surface area contributed by atoms with Crippen LogP contribution in [0, 0.1) is 0 Å². The summed E-state index contributed by atoms with van der Waals surface area (Å²) >= 11 is 1.42. The third kappa shape index (κ3) is 6.40. The van der Waals surface area contributed by atoms with Gasteiger partial charge in [-0.05, 0) is 6.92 Å². The maximum atomic E-state index is 10.8. The van der Waals surface area contributed by atoms with Gasteiger partial charge in [0.2, 0.25) is 0 Å². The van der Waals surface area contributed by atoms with E-state index in [1.54, 1.807) is 0 Å². The Morgan fingerprint density at radius 1 is 1.73 bits per heavy atom. The van der Waals surface area contributed by atoms with Crippen LogP contribution in [0.15, 0.2) is 12.0 Å². The second-order valence-corrected chi connectivity index (χ2v) is 5.66. The van der Waals surface area contributed by atoms with Crippen molar-refractivity contribution in [2.24, 2.45) is 5.73 Å². The summed E-state index contributed by atoms with van der Waals surface area (Å²) in [5, 5.41) is 0.976. The highest BCUT2D eigenvalue weighted by Crippen LogP contribution is 2.05. The van der Waals surface area contributed by atoms with Crippen molar-refractivity contribution in [2.45, 2.75) is 12.3 Å². The Morgan fingerprint density at radius 2 is 2.27 bits per heavy atom. The lowest BCUT2D eigenvalue weighted by Crippen LogP contribution is -2.13. The van der Waals surface area contributed by atoms with Crippen LogP contribution in [-0.2, 0) is 9.84 Å². The first-order chi connectivity index (χ1) is 4.98. The predicted molar refractivity (Wildman–Crippen MR) is 50.1 cm³/mol. The molecule has 0 amide bonds. The quantitative estimate of drug-likeness (QED) is 0.652. The van der Waals surface area contributed by atoms with E-state index in [0.29, 0.717) is 5.75 Å². The van der Waals surface area contributed by atoms with Crippen LogP contribution in [0.25, 0.3) is 0 Å². The zero-order chi connectivity index (χ0) is 8.91. The van der Waals surface area contributed by atoms with Crippen molar-refractivity contribution < 1.29 is 8.42 Å². The Hall–Kier alpha value is -0.0000000000000000763. The largest absolute Gasteiger partial charge is 0.320 e. The molecular weight excluding hydrogens is 182 g/mol. The van der Waals surface area contributed by atoms with Gasteiger partial charge in [-0.25, -0.2) is 8.42 Å². The van der Waals surface area contributed by atoms with E-state index in [9.17, 15) is 8.42 Å². The first kappa shape index (κ1) is 11.0. The minimum Gasteiger partial charge on any atom is -0.320 e. The Bertz CT molecular complexity index is 209. The van der Waals surface area contributed by atoms with Gasteiger partial charge in [0.05, 0.1) is 5.75 Å². The molecule has 1 atom stereocenters. The van der Waals surface area contributed by atoms with Gasteiger partial charge in [0.1, 0.15) is 0 Å². The van der Waals surface area contributed by atoms with Crippen molar-refractivity contribution in [1.29, 1.82) is 0 Å². The first-order valence-corrected chi connectivity index (χ1v) is 5.97. The van der Waals surface area contributed by atoms with Crippen LogP contribution in [-0.4, -0.2) is 25.3 Å². The minimum atomic E-state index is -3.03. The topological polar surface area (TPSA) is 60.2 Å². The number of thioether (sulfide) groups is 1. The van der Waals surface area contributed by atoms with E-state index in [4.69, 9.17) is 5.73 Å². The predicted octanol–water partition coefficient (Wildman–Crippen LogP) is 0.583. The average Bonchev–Trinajstić information content (AvgIpc) is 1.87. The molecule has 0 aromatic rings. The van der Waals surface area contributed by atoms with Gasteiger partial charge in [-0.3, -0.25) is 0 Å². The van der Waals surface area contributed by atoms with Crippen LogP contribution in [0.1, 0.15) is 6.92 Å². The van der Waals surface area contributed by atoms with Crippen LogP contribution < -0.4 is 5.73 Å². The molecule has 66 valence electrons. The fraction of sp³-hybridized carbons (Fsp3) is 0.667. The second-order valence-electron chi connectivity index (χ2n) is 2.11. The number of hydrogen-bond acceptors (Lipinski definition) is 4. The number of hydrogen-bond donors (Lipinski definition) is 1. The molecule has 0 fully saturated rings. The zero-order valence-electron chi connectivity index (χ0n) is 6.49. The highest BCUT2D eigenvalue weighted by molar-refractivity contribution is 8.01. The number of sulfone groups is 1. The van der Waals surface area contributed by atoms with E-state index in [1.807, 2.05) is 6.92 Å². The Morgan fingerprint density at radius 3 is 2.64 bits per heavy atom. The van der Waals surface area contributed by atoms with Gasteiger partial charge in [0.25, 0.3) is 0 Å². The summed E-state index contributed by atoms with van der Waals surface area (Å²) in [7, 11) is -3.03. The molecule has 0 saturated heterocycles. The standard InChI is InChI=1S/C6H13NO2S2/c1-3-11(8,9)5-4-10-6(2)7/h3,6H,1,4-5,7H2,2H3. The van der Waals surface area contributed by atoms with Crippen LogP contribution >= 0.6 is 11.8 Å². The van der Waals surface area contributed by atoms with E-state index < -0.39 is 9.84 Å². The van der Waals surface area contributed by atoms with E-state index in [0.717, 1.165) is 5.41 Å². The third-order valence-electron chi connectivity index (χ3n) is 1.00. The fourth-order valence-corrected chi connectivity index (χ4v) is 2.29.